The first-order chi connectivity index (χ1) is 13.4. The van der Waals surface area contributed by atoms with Crippen LogP contribution in [0.25, 0.3) is 0 Å². The van der Waals surface area contributed by atoms with E-state index in [0.29, 0.717) is 0 Å². The second kappa shape index (κ2) is 7.45. The summed E-state index contributed by atoms with van der Waals surface area (Å²) in [7, 11) is 1.59. The Morgan fingerprint density at radius 2 is 1.90 bits per heavy atom. The van der Waals surface area contributed by atoms with Crippen molar-refractivity contribution in [1.82, 2.24) is 15.5 Å². The number of fused-ring (bicyclic) bond motifs is 1. The highest BCUT2D eigenvalue weighted by Crippen LogP contribution is 2.66. The van der Waals surface area contributed by atoms with Crippen molar-refractivity contribution in [2.45, 2.75) is 75.5 Å². The van der Waals surface area contributed by atoms with Gasteiger partial charge in [-0.15, -0.1) is 11.8 Å². The Hall–Kier alpha value is -1.28. The third kappa shape index (κ3) is 3.78. The summed E-state index contributed by atoms with van der Waals surface area (Å²) in [5.41, 5.74) is -0.391. The lowest BCUT2D eigenvalue weighted by Crippen LogP contribution is -2.58. The second-order valence-electron chi connectivity index (χ2n) is 10.5. The molecule has 0 radical (unpaired) electrons. The molecule has 7 nitrogen and oxygen atoms in total. The zero-order chi connectivity index (χ0) is 21.8. The van der Waals surface area contributed by atoms with E-state index in [0.717, 1.165) is 19.3 Å². The van der Waals surface area contributed by atoms with Gasteiger partial charge in [0, 0.05) is 24.4 Å². The Morgan fingerprint density at radius 3 is 2.45 bits per heavy atom. The third-order valence-electron chi connectivity index (χ3n) is 6.37. The van der Waals surface area contributed by atoms with Gasteiger partial charge in [-0.05, 0) is 38.5 Å². The molecule has 0 aromatic heterocycles. The largest absolute Gasteiger partial charge is 0.395 e. The zero-order valence-corrected chi connectivity index (χ0v) is 19.2. The maximum atomic E-state index is 13.5. The van der Waals surface area contributed by atoms with E-state index in [1.165, 1.54) is 4.90 Å². The molecule has 29 heavy (non-hydrogen) atoms. The number of rotatable bonds is 6. The van der Waals surface area contributed by atoms with E-state index in [1.807, 2.05) is 13.8 Å². The van der Waals surface area contributed by atoms with Gasteiger partial charge in [0.15, 0.2) is 0 Å². The molecule has 3 rings (SSSR count). The number of thioether (sulfide) groups is 1. The highest BCUT2D eigenvalue weighted by molar-refractivity contribution is 8.02. The first-order valence-electron chi connectivity index (χ1n) is 10.5. The van der Waals surface area contributed by atoms with Crippen LogP contribution in [0, 0.1) is 17.3 Å². The standard InChI is InChI=1S/C21H35N3O4S/c1-19(2,3)11-20(4,5)23-17(27)15-21-8-7-12(29-21)13(16(26)22-6)14(21)18(28)24(15)9-10-25/h12-15,25H,7-11H2,1-6H3,(H,22,26)(H,23,27)/t12-,13+,14-,15?,21?/m0/s1. The molecule has 3 amide bonds. The van der Waals surface area contributed by atoms with Crippen LogP contribution in [0.4, 0.5) is 0 Å². The van der Waals surface area contributed by atoms with Crippen LogP contribution >= 0.6 is 11.8 Å². The van der Waals surface area contributed by atoms with E-state index in [4.69, 9.17) is 0 Å². The Morgan fingerprint density at radius 1 is 1.24 bits per heavy atom. The van der Waals surface area contributed by atoms with Crippen LogP contribution in [0.5, 0.6) is 0 Å². The van der Waals surface area contributed by atoms with Crippen molar-refractivity contribution >= 4 is 29.5 Å². The van der Waals surface area contributed by atoms with E-state index < -0.39 is 28.2 Å². The first kappa shape index (κ1) is 22.4. The minimum absolute atomic E-state index is 0.0404. The zero-order valence-electron chi connectivity index (χ0n) is 18.4. The minimum atomic E-state index is -0.656. The average molecular weight is 426 g/mol. The number of aliphatic hydroxyl groups is 1. The van der Waals surface area contributed by atoms with Crippen LogP contribution in [0.3, 0.4) is 0 Å². The van der Waals surface area contributed by atoms with Crippen molar-refractivity contribution in [2.24, 2.45) is 17.3 Å². The lowest BCUT2D eigenvalue weighted by Gasteiger charge is -2.38. The molecule has 3 aliphatic heterocycles. The van der Waals surface area contributed by atoms with Gasteiger partial charge in [0.2, 0.25) is 17.7 Å². The maximum Gasteiger partial charge on any atom is 0.244 e. The molecular weight excluding hydrogens is 390 g/mol. The van der Waals surface area contributed by atoms with Crippen LogP contribution in [0.15, 0.2) is 0 Å². The van der Waals surface area contributed by atoms with E-state index in [-0.39, 0.29) is 41.5 Å². The van der Waals surface area contributed by atoms with Crippen molar-refractivity contribution in [1.29, 1.82) is 0 Å². The van der Waals surface area contributed by atoms with Crippen molar-refractivity contribution < 1.29 is 19.5 Å². The summed E-state index contributed by atoms with van der Waals surface area (Å²) < 4.78 is -0.587. The lowest BCUT2D eigenvalue weighted by molar-refractivity contribution is -0.140. The van der Waals surface area contributed by atoms with Gasteiger partial charge in [0.1, 0.15) is 6.04 Å². The number of carbonyl (C=O) groups is 3. The normalized spacial score (nSPS) is 33.8. The third-order valence-corrected chi connectivity index (χ3v) is 8.32. The molecule has 3 fully saturated rings. The Bertz CT molecular complexity index is 705. The lowest BCUT2D eigenvalue weighted by atomic mass is 9.70. The summed E-state index contributed by atoms with van der Waals surface area (Å²) in [5.74, 6) is -1.38. The van der Waals surface area contributed by atoms with E-state index >= 15 is 0 Å². The number of nitrogens with zero attached hydrogens (tertiary/aromatic N) is 1. The van der Waals surface area contributed by atoms with E-state index in [1.54, 1.807) is 18.8 Å². The second-order valence-corrected chi connectivity index (χ2v) is 12.1. The number of likely N-dealkylation sites (tertiary alicyclic amines) is 1. The molecule has 0 saturated carbocycles. The average Bonchev–Trinajstić information content (AvgIpc) is 3.20. The summed E-state index contributed by atoms with van der Waals surface area (Å²) in [5, 5.41) is 15.5. The molecule has 1 spiro atoms. The smallest absolute Gasteiger partial charge is 0.244 e. The van der Waals surface area contributed by atoms with Gasteiger partial charge >= 0.3 is 0 Å². The molecule has 0 aromatic carbocycles. The van der Waals surface area contributed by atoms with Gasteiger partial charge in [-0.2, -0.15) is 0 Å². The molecule has 3 N–H and O–H groups in total. The molecule has 3 saturated heterocycles. The molecule has 5 atom stereocenters. The number of hydrogen-bond donors (Lipinski definition) is 3. The minimum Gasteiger partial charge on any atom is -0.395 e. The molecule has 2 bridgehead atoms. The monoisotopic (exact) mass is 425 g/mol. The molecule has 164 valence electrons. The van der Waals surface area contributed by atoms with Crippen LogP contribution < -0.4 is 10.6 Å². The molecule has 0 aliphatic carbocycles. The van der Waals surface area contributed by atoms with Crippen LogP contribution in [-0.2, 0) is 14.4 Å². The highest BCUT2D eigenvalue weighted by atomic mass is 32.2. The predicted octanol–water partition coefficient (Wildman–Crippen LogP) is 1.15. The van der Waals surface area contributed by atoms with Crippen LogP contribution in [0.2, 0.25) is 0 Å². The van der Waals surface area contributed by atoms with Gasteiger partial charge < -0.3 is 20.6 Å². The number of amides is 3. The quantitative estimate of drug-likeness (QED) is 0.593. The Kier molecular flexibility index (Phi) is 5.75. The van der Waals surface area contributed by atoms with Gasteiger partial charge in [-0.1, -0.05) is 20.8 Å². The topological polar surface area (TPSA) is 98.7 Å². The fraction of sp³-hybridized carbons (Fsp3) is 0.857. The summed E-state index contributed by atoms with van der Waals surface area (Å²) >= 11 is 1.64. The SMILES string of the molecule is CNC(=O)[C@@H]1[C@@H]2CCC3(S2)C(C(=O)NC(C)(C)CC(C)(C)C)N(CCO)C(=O)[C@H]13. The van der Waals surface area contributed by atoms with E-state index in [2.05, 4.69) is 31.4 Å². The van der Waals surface area contributed by atoms with Gasteiger partial charge in [-0.25, -0.2) is 0 Å². The Labute approximate surface area is 177 Å². The number of β-amino-alcohol motifs (C(OH)–C–C–N with tert-alkyl or cyclic N) is 1. The van der Waals surface area contributed by atoms with Crippen molar-refractivity contribution in [2.75, 3.05) is 20.2 Å². The first-order valence-corrected chi connectivity index (χ1v) is 11.4. The number of aliphatic hydroxyl groups excluding tert-OH is 1. The van der Waals surface area contributed by atoms with E-state index in [9.17, 15) is 19.5 Å². The summed E-state index contributed by atoms with van der Waals surface area (Å²) in [4.78, 5) is 41.0. The fourth-order valence-corrected chi connectivity index (χ4v) is 8.26. The molecule has 3 aliphatic rings. The van der Waals surface area contributed by atoms with Gasteiger partial charge in [-0.3, -0.25) is 14.4 Å². The number of hydrogen-bond acceptors (Lipinski definition) is 5. The number of carbonyl (C=O) groups excluding carboxylic acids is 3. The molecule has 8 heteroatoms. The highest BCUT2D eigenvalue weighted by Gasteiger charge is 2.73. The summed E-state index contributed by atoms with van der Waals surface area (Å²) in [6.45, 7) is 10.3. The summed E-state index contributed by atoms with van der Waals surface area (Å²) in [6.07, 6.45) is 2.36. The van der Waals surface area contributed by atoms with Gasteiger partial charge in [0.05, 0.1) is 23.2 Å². The van der Waals surface area contributed by atoms with Crippen molar-refractivity contribution in [3.8, 4) is 0 Å². The predicted molar refractivity (Wildman–Crippen MR) is 113 cm³/mol. The molecular formula is C21H35N3O4S. The van der Waals surface area contributed by atoms with Crippen LogP contribution in [0.1, 0.15) is 53.9 Å². The van der Waals surface area contributed by atoms with Gasteiger partial charge in [0.25, 0.3) is 0 Å². The Balaban J connectivity index is 1.93. The van der Waals surface area contributed by atoms with Crippen molar-refractivity contribution in [3.63, 3.8) is 0 Å². The van der Waals surface area contributed by atoms with Crippen LogP contribution in [-0.4, -0.2) is 69.5 Å². The maximum absolute atomic E-state index is 13.5. The molecule has 2 unspecified atom stereocenters. The summed E-state index contributed by atoms with van der Waals surface area (Å²) in [6, 6.07) is -0.656. The molecule has 0 aromatic rings. The fourth-order valence-electron chi connectivity index (χ4n) is 6.04. The number of nitrogens with one attached hydrogen (secondary N) is 2. The van der Waals surface area contributed by atoms with Crippen molar-refractivity contribution in [3.05, 3.63) is 0 Å². The molecule has 3 heterocycles.